The normalized spacial score (nSPS) is 39.5. The van der Waals surface area contributed by atoms with Gasteiger partial charge in [0.2, 0.25) is 0 Å². The van der Waals surface area contributed by atoms with Crippen LogP contribution in [0.4, 0.5) is 0 Å². The van der Waals surface area contributed by atoms with Gasteiger partial charge in [0.1, 0.15) is 30.5 Å². The maximum Gasteiger partial charge on any atom is 0.477 e. The van der Waals surface area contributed by atoms with E-state index in [4.69, 9.17) is 31.9 Å². The van der Waals surface area contributed by atoms with Gasteiger partial charge in [0.15, 0.2) is 6.29 Å². The average molecular weight is 604 g/mol. The molecular weight excluding hydrogens is 574 g/mol. The van der Waals surface area contributed by atoms with Gasteiger partial charge in [-0.15, -0.1) is 0 Å². The van der Waals surface area contributed by atoms with E-state index in [1.54, 1.807) is 36.7 Å². The van der Waals surface area contributed by atoms with Crippen molar-refractivity contribution in [2.24, 2.45) is 0 Å². The fourth-order valence-electron chi connectivity index (χ4n) is 4.42. The van der Waals surface area contributed by atoms with E-state index >= 15 is 0 Å². The molecule has 0 unspecified atom stereocenters. The van der Waals surface area contributed by atoms with Crippen molar-refractivity contribution in [3.8, 4) is 0 Å². The Balaban J connectivity index is 1.21. The minimum absolute atomic E-state index is 0.00602. The van der Waals surface area contributed by atoms with Crippen molar-refractivity contribution in [3.05, 3.63) is 60.2 Å². The Morgan fingerprint density at radius 3 is 1.93 bits per heavy atom. The Morgan fingerprint density at radius 1 is 0.825 bits per heavy atom. The van der Waals surface area contributed by atoms with Gasteiger partial charge in [-0.05, 0) is 35.4 Å². The number of ether oxygens (including phenoxy) is 1. The fourth-order valence-corrected chi connectivity index (χ4v) is 7.29. The smallest absolute Gasteiger partial charge is 0.388 e. The van der Waals surface area contributed by atoms with Gasteiger partial charge < -0.3 is 25.2 Å². The molecule has 0 spiro atoms. The van der Waals surface area contributed by atoms with Crippen molar-refractivity contribution >= 4 is 15.6 Å². The number of rotatable bonds is 8. The van der Waals surface area contributed by atoms with Gasteiger partial charge in [0.05, 0.1) is 32.0 Å². The number of hydrogen-bond donors (Lipinski definition) is 4. The monoisotopic (exact) mass is 604 g/mol. The molecule has 0 saturated carbocycles. The highest BCUT2D eigenvalue weighted by Crippen LogP contribution is 2.59. The molecule has 3 fully saturated rings. The highest BCUT2D eigenvalue weighted by atomic mass is 31.2. The van der Waals surface area contributed by atoms with E-state index in [0.717, 1.165) is 0 Å². The summed E-state index contributed by atoms with van der Waals surface area (Å²) in [6.07, 6.45) is -5.12. The first-order valence-corrected chi connectivity index (χ1v) is 15.4. The number of nitrogens with zero attached hydrogens (tertiary/aromatic N) is 2. The van der Waals surface area contributed by atoms with Crippen LogP contribution in [0.15, 0.2) is 49.1 Å². The van der Waals surface area contributed by atoms with Gasteiger partial charge >= 0.3 is 15.6 Å². The van der Waals surface area contributed by atoms with Crippen molar-refractivity contribution in [1.82, 2.24) is 9.97 Å². The molecule has 15 nitrogen and oxygen atoms in total. The molecule has 2 aromatic heterocycles. The second-order valence-corrected chi connectivity index (χ2v) is 12.5. The quantitative estimate of drug-likeness (QED) is 0.316. The van der Waals surface area contributed by atoms with E-state index in [1.165, 1.54) is 12.4 Å². The Kier molecular flexibility index (Phi) is 9.44. The minimum atomic E-state index is -4.33. The van der Waals surface area contributed by atoms with E-state index in [0.29, 0.717) is 24.0 Å². The van der Waals surface area contributed by atoms with Crippen molar-refractivity contribution in [2.45, 2.75) is 61.9 Å². The van der Waals surface area contributed by atoms with Crippen LogP contribution in [0.2, 0.25) is 0 Å². The number of phosphoric ester groups is 2. The Labute approximate surface area is 229 Å². The SMILES string of the molecule is O=[P@]1(OC[C@@H](O)[C@H]2O[C@@H](O[P@]3(=O)OCC[C@H](c4ccncc4)O3)[C@@H](O)[C@@H](O)[C@@H]2O)OCC[C@@H](c2ccncc2)O1. The van der Waals surface area contributed by atoms with Crippen molar-refractivity contribution < 1.29 is 61.4 Å². The lowest BCUT2D eigenvalue weighted by atomic mass is 9.96. The zero-order chi connectivity index (χ0) is 28.3. The van der Waals surface area contributed by atoms with E-state index in [-0.39, 0.29) is 13.2 Å². The molecule has 40 heavy (non-hydrogen) atoms. The first-order valence-electron chi connectivity index (χ1n) is 12.5. The van der Waals surface area contributed by atoms with Crippen LogP contribution in [0, 0.1) is 0 Å². The molecule has 0 aromatic carbocycles. The van der Waals surface area contributed by atoms with E-state index in [9.17, 15) is 29.6 Å². The van der Waals surface area contributed by atoms with Crippen LogP contribution in [0.25, 0.3) is 0 Å². The summed E-state index contributed by atoms with van der Waals surface area (Å²) in [5.74, 6) is 0. The van der Waals surface area contributed by atoms with Crippen LogP contribution in [0.5, 0.6) is 0 Å². The van der Waals surface area contributed by atoms with Gasteiger partial charge in [-0.25, -0.2) is 9.13 Å². The third-order valence-electron chi connectivity index (χ3n) is 6.55. The molecule has 2 aromatic rings. The van der Waals surface area contributed by atoms with E-state index in [2.05, 4.69) is 9.97 Å². The standard InChI is InChI=1S/C23H30N2O13P2/c26-16(13-34-39(30)32-11-5-17(36-39)14-1-7-24-8-2-14)22-20(28)19(27)21(29)23(35-22)38-40(31)33-12-6-18(37-40)15-3-9-25-10-4-15/h1-4,7-10,16-23,26-29H,5-6,11-13H2/t16-,17+,18-,19+,20+,21+,22-,23+,39-,40-/m1/s1. The lowest BCUT2D eigenvalue weighted by Crippen LogP contribution is -2.61. The summed E-state index contributed by atoms with van der Waals surface area (Å²) < 4.78 is 63.9. The summed E-state index contributed by atoms with van der Waals surface area (Å²) in [7, 11) is -8.46. The molecule has 3 saturated heterocycles. The number of pyridine rings is 2. The molecule has 3 aliphatic rings. The van der Waals surface area contributed by atoms with Gasteiger partial charge in [0, 0.05) is 37.6 Å². The van der Waals surface area contributed by atoms with E-state index in [1.807, 2.05) is 0 Å². The lowest BCUT2D eigenvalue weighted by Gasteiger charge is -2.43. The van der Waals surface area contributed by atoms with Crippen LogP contribution in [0.3, 0.4) is 0 Å². The third-order valence-corrected chi connectivity index (χ3v) is 9.50. The molecule has 0 radical (unpaired) electrons. The average Bonchev–Trinajstić information content (AvgIpc) is 2.97. The van der Waals surface area contributed by atoms with Crippen LogP contribution in [0.1, 0.15) is 36.2 Å². The largest absolute Gasteiger partial charge is 0.477 e. The summed E-state index contributed by atoms with van der Waals surface area (Å²) >= 11 is 0. The van der Waals surface area contributed by atoms with Crippen molar-refractivity contribution in [3.63, 3.8) is 0 Å². The molecular formula is C23H30N2O13P2. The van der Waals surface area contributed by atoms with Crippen LogP contribution >= 0.6 is 15.6 Å². The highest BCUT2D eigenvalue weighted by molar-refractivity contribution is 7.48. The number of aliphatic hydroxyl groups excluding tert-OH is 4. The Bertz CT molecular complexity index is 1210. The molecule has 0 aliphatic carbocycles. The predicted molar refractivity (Wildman–Crippen MR) is 132 cm³/mol. The molecule has 17 heteroatoms. The molecule has 5 heterocycles. The van der Waals surface area contributed by atoms with Crippen LogP contribution in [-0.4, -0.2) is 87.0 Å². The zero-order valence-electron chi connectivity index (χ0n) is 21.0. The summed E-state index contributed by atoms with van der Waals surface area (Å²) in [4.78, 5) is 7.86. The van der Waals surface area contributed by atoms with Crippen molar-refractivity contribution in [2.75, 3.05) is 19.8 Å². The second kappa shape index (κ2) is 12.7. The topological polar surface area (TPSA) is 205 Å². The summed E-state index contributed by atoms with van der Waals surface area (Å²) in [6, 6.07) is 6.73. The van der Waals surface area contributed by atoms with Crippen molar-refractivity contribution in [1.29, 1.82) is 0 Å². The molecule has 4 N–H and O–H groups in total. The van der Waals surface area contributed by atoms with Gasteiger partial charge in [-0.1, -0.05) is 0 Å². The first kappa shape index (κ1) is 29.8. The number of phosphoric acid groups is 2. The maximum absolute atomic E-state index is 13.2. The molecule has 5 rings (SSSR count). The van der Waals surface area contributed by atoms with Crippen LogP contribution < -0.4 is 0 Å². The van der Waals surface area contributed by atoms with E-state index < -0.39 is 71.3 Å². The molecule has 3 aliphatic heterocycles. The summed E-state index contributed by atoms with van der Waals surface area (Å²) in [5, 5.41) is 42.0. The fraction of sp³-hybridized carbons (Fsp3) is 0.565. The van der Waals surface area contributed by atoms with Crippen LogP contribution in [-0.2, 0) is 41.0 Å². The first-order chi connectivity index (χ1) is 19.2. The van der Waals surface area contributed by atoms with Gasteiger partial charge in [0.25, 0.3) is 0 Å². The Morgan fingerprint density at radius 2 is 1.35 bits per heavy atom. The lowest BCUT2D eigenvalue weighted by molar-refractivity contribution is -0.294. The van der Waals surface area contributed by atoms with Gasteiger partial charge in [-0.2, -0.15) is 0 Å². The van der Waals surface area contributed by atoms with Gasteiger partial charge in [-0.3, -0.25) is 37.1 Å². The maximum atomic E-state index is 13.2. The second-order valence-electron chi connectivity index (χ2n) is 9.30. The third kappa shape index (κ3) is 6.85. The predicted octanol–water partition coefficient (Wildman–Crippen LogP) is 1.55. The zero-order valence-corrected chi connectivity index (χ0v) is 22.8. The number of hydrogen-bond acceptors (Lipinski definition) is 15. The Hall–Kier alpha value is -1.68. The number of aromatic nitrogens is 2. The molecule has 10 atom stereocenters. The minimum Gasteiger partial charge on any atom is -0.388 e. The highest BCUT2D eigenvalue weighted by Gasteiger charge is 2.51. The number of aliphatic hydroxyl groups is 4. The summed E-state index contributed by atoms with van der Waals surface area (Å²) in [6.45, 7) is -0.667. The molecule has 220 valence electrons. The molecule has 0 amide bonds. The molecule has 0 bridgehead atoms. The summed E-state index contributed by atoms with van der Waals surface area (Å²) in [5.41, 5.74) is 1.38.